The van der Waals surface area contributed by atoms with Gasteiger partial charge in [0.15, 0.2) is 6.10 Å². The van der Waals surface area contributed by atoms with E-state index in [0.717, 1.165) is 89.9 Å². The standard InChI is InChI=1S/C62H110O6/c1-4-7-10-13-16-19-22-25-28-30-32-34-37-40-43-46-49-52-55-61(64)67-58-59(57-66-60(63)54-51-48-45-42-39-36-33-27-24-21-18-15-12-9-6-3)68-62(65)56-53-50-47-44-41-38-35-31-29-26-23-20-17-14-11-8-5-2/h8,11,17,20,26-30,33,59H,4-7,9-10,12-16,18-19,21-25,31-32,34-58H2,1-3H3/b11-8-,20-17-,29-26-,30-28-,33-27-. The number of rotatable bonds is 53. The first-order valence-corrected chi connectivity index (χ1v) is 29.3. The predicted molar refractivity (Wildman–Crippen MR) is 293 cm³/mol. The monoisotopic (exact) mass is 951 g/mol. The molecule has 0 saturated heterocycles. The van der Waals surface area contributed by atoms with Crippen LogP contribution in [0.4, 0.5) is 0 Å². The third-order valence-corrected chi connectivity index (χ3v) is 12.7. The highest BCUT2D eigenvalue weighted by Gasteiger charge is 2.19. The van der Waals surface area contributed by atoms with Crippen LogP contribution in [0.25, 0.3) is 0 Å². The molecule has 0 aliphatic heterocycles. The minimum atomic E-state index is -0.785. The zero-order chi connectivity index (χ0) is 49.3. The lowest BCUT2D eigenvalue weighted by atomic mass is 10.1. The van der Waals surface area contributed by atoms with Gasteiger partial charge in [-0.05, 0) is 103 Å². The minimum absolute atomic E-state index is 0.0821. The maximum absolute atomic E-state index is 12.9. The highest BCUT2D eigenvalue weighted by Crippen LogP contribution is 2.15. The second kappa shape index (κ2) is 56.7. The Morgan fingerprint density at radius 2 is 0.574 bits per heavy atom. The van der Waals surface area contributed by atoms with Crippen molar-refractivity contribution in [1.82, 2.24) is 0 Å². The Kier molecular flexibility index (Phi) is 54.3. The summed E-state index contributed by atoms with van der Waals surface area (Å²) in [6, 6.07) is 0. The lowest BCUT2D eigenvalue weighted by molar-refractivity contribution is -0.167. The number of hydrogen-bond acceptors (Lipinski definition) is 6. The molecule has 68 heavy (non-hydrogen) atoms. The third-order valence-electron chi connectivity index (χ3n) is 12.7. The van der Waals surface area contributed by atoms with Crippen LogP contribution in [-0.2, 0) is 28.6 Å². The first kappa shape index (κ1) is 65.1. The summed E-state index contributed by atoms with van der Waals surface area (Å²) in [4.78, 5) is 38.2. The minimum Gasteiger partial charge on any atom is -0.462 e. The molecule has 6 heteroatoms. The average Bonchev–Trinajstić information content (AvgIpc) is 3.34. The van der Waals surface area contributed by atoms with E-state index in [2.05, 4.69) is 81.5 Å². The molecule has 0 aromatic heterocycles. The van der Waals surface area contributed by atoms with Gasteiger partial charge in [-0.1, -0.05) is 236 Å². The van der Waals surface area contributed by atoms with Crippen LogP contribution >= 0.6 is 0 Å². The lowest BCUT2D eigenvalue weighted by Crippen LogP contribution is -2.30. The number of ether oxygens (including phenoxy) is 3. The maximum atomic E-state index is 12.9. The van der Waals surface area contributed by atoms with Gasteiger partial charge in [-0.2, -0.15) is 0 Å². The van der Waals surface area contributed by atoms with Gasteiger partial charge in [-0.3, -0.25) is 14.4 Å². The van der Waals surface area contributed by atoms with Crippen LogP contribution in [0.15, 0.2) is 60.8 Å². The molecule has 0 radical (unpaired) electrons. The van der Waals surface area contributed by atoms with Gasteiger partial charge in [0.1, 0.15) is 13.2 Å². The molecule has 0 rings (SSSR count). The summed E-state index contributed by atoms with van der Waals surface area (Å²) < 4.78 is 16.9. The fourth-order valence-electron chi connectivity index (χ4n) is 8.33. The van der Waals surface area contributed by atoms with Crippen LogP contribution < -0.4 is 0 Å². The molecular formula is C62H110O6. The molecule has 0 spiro atoms. The molecule has 0 aliphatic rings. The summed E-state index contributed by atoms with van der Waals surface area (Å²) in [6.07, 6.45) is 70.6. The van der Waals surface area contributed by atoms with Crippen molar-refractivity contribution >= 4 is 17.9 Å². The molecule has 0 aromatic carbocycles. The lowest BCUT2D eigenvalue weighted by Gasteiger charge is -2.18. The molecular weight excluding hydrogens is 841 g/mol. The van der Waals surface area contributed by atoms with Gasteiger partial charge < -0.3 is 14.2 Å². The molecule has 0 aliphatic carbocycles. The van der Waals surface area contributed by atoms with Crippen LogP contribution in [0.2, 0.25) is 0 Å². The largest absolute Gasteiger partial charge is 0.462 e. The van der Waals surface area contributed by atoms with Crippen molar-refractivity contribution < 1.29 is 28.6 Å². The Balaban J connectivity index is 4.39. The summed E-state index contributed by atoms with van der Waals surface area (Å²) in [5.41, 5.74) is 0. The average molecular weight is 952 g/mol. The summed E-state index contributed by atoms with van der Waals surface area (Å²) in [6.45, 7) is 6.53. The topological polar surface area (TPSA) is 78.9 Å². The summed E-state index contributed by atoms with van der Waals surface area (Å²) >= 11 is 0. The number of carbonyl (C=O) groups excluding carboxylic acids is 3. The molecule has 0 saturated carbocycles. The van der Waals surface area contributed by atoms with Crippen molar-refractivity contribution in [3.63, 3.8) is 0 Å². The van der Waals surface area contributed by atoms with E-state index in [1.54, 1.807) is 0 Å². The molecule has 0 fully saturated rings. The molecule has 1 unspecified atom stereocenters. The summed E-state index contributed by atoms with van der Waals surface area (Å²) in [5, 5.41) is 0. The Bertz CT molecular complexity index is 1230. The van der Waals surface area contributed by atoms with Gasteiger partial charge in [0.2, 0.25) is 0 Å². The van der Waals surface area contributed by atoms with E-state index in [9.17, 15) is 14.4 Å². The Labute approximate surface area is 421 Å². The quantitative estimate of drug-likeness (QED) is 0.0262. The Morgan fingerprint density at radius 3 is 0.912 bits per heavy atom. The van der Waals surface area contributed by atoms with Gasteiger partial charge in [0.25, 0.3) is 0 Å². The molecule has 1 atom stereocenters. The van der Waals surface area contributed by atoms with Gasteiger partial charge in [-0.25, -0.2) is 0 Å². The van der Waals surface area contributed by atoms with Crippen molar-refractivity contribution in [1.29, 1.82) is 0 Å². The highest BCUT2D eigenvalue weighted by molar-refractivity contribution is 5.71. The number of carbonyl (C=O) groups is 3. The van der Waals surface area contributed by atoms with Gasteiger partial charge >= 0.3 is 17.9 Å². The van der Waals surface area contributed by atoms with Gasteiger partial charge in [0.05, 0.1) is 0 Å². The second-order valence-corrected chi connectivity index (χ2v) is 19.5. The van der Waals surface area contributed by atoms with E-state index < -0.39 is 6.10 Å². The summed E-state index contributed by atoms with van der Waals surface area (Å²) in [5.74, 6) is -0.893. The van der Waals surface area contributed by atoms with Crippen molar-refractivity contribution in [2.24, 2.45) is 0 Å². The van der Waals surface area contributed by atoms with Crippen LogP contribution in [-0.4, -0.2) is 37.2 Å². The SMILES string of the molecule is CC/C=C\C/C=C\C/C=C\CCCCCCCCCC(=O)OC(COC(=O)CCCCCCC/C=C\CCCCCCCC)COC(=O)CCCCCCCCC/C=C\CCCCCCCCC. The zero-order valence-electron chi connectivity index (χ0n) is 45.1. The molecule has 0 aromatic rings. The predicted octanol–water partition coefficient (Wildman–Crippen LogP) is 19.6. The highest BCUT2D eigenvalue weighted by atomic mass is 16.6. The summed E-state index contributed by atoms with van der Waals surface area (Å²) in [7, 11) is 0. The molecule has 394 valence electrons. The van der Waals surface area contributed by atoms with Crippen LogP contribution in [0.3, 0.4) is 0 Å². The normalized spacial score (nSPS) is 12.5. The van der Waals surface area contributed by atoms with Crippen molar-refractivity contribution in [2.75, 3.05) is 13.2 Å². The number of esters is 3. The first-order chi connectivity index (χ1) is 33.5. The van der Waals surface area contributed by atoms with E-state index in [1.807, 2.05) is 0 Å². The zero-order valence-corrected chi connectivity index (χ0v) is 45.1. The maximum Gasteiger partial charge on any atom is 0.306 e. The van der Waals surface area contributed by atoms with Crippen molar-refractivity contribution in [3.05, 3.63) is 60.8 Å². The number of allylic oxidation sites excluding steroid dienone is 10. The second-order valence-electron chi connectivity index (χ2n) is 19.5. The molecule has 0 N–H and O–H groups in total. The fraction of sp³-hybridized carbons (Fsp3) is 0.790. The molecule has 0 bridgehead atoms. The van der Waals surface area contributed by atoms with E-state index >= 15 is 0 Å². The van der Waals surface area contributed by atoms with Crippen LogP contribution in [0.1, 0.15) is 297 Å². The number of unbranched alkanes of at least 4 members (excludes halogenated alkanes) is 32. The molecule has 6 nitrogen and oxygen atoms in total. The van der Waals surface area contributed by atoms with Crippen LogP contribution in [0, 0.1) is 0 Å². The third kappa shape index (κ3) is 54.1. The smallest absolute Gasteiger partial charge is 0.306 e. The van der Waals surface area contributed by atoms with Crippen molar-refractivity contribution in [3.8, 4) is 0 Å². The Hall–Kier alpha value is -2.89. The Morgan fingerprint density at radius 1 is 0.309 bits per heavy atom. The van der Waals surface area contributed by atoms with E-state index in [-0.39, 0.29) is 31.1 Å². The first-order valence-electron chi connectivity index (χ1n) is 29.3. The number of hydrogen-bond donors (Lipinski definition) is 0. The van der Waals surface area contributed by atoms with E-state index in [1.165, 1.54) is 167 Å². The van der Waals surface area contributed by atoms with Crippen LogP contribution in [0.5, 0.6) is 0 Å². The van der Waals surface area contributed by atoms with E-state index in [0.29, 0.717) is 19.3 Å². The van der Waals surface area contributed by atoms with Crippen molar-refractivity contribution in [2.45, 2.75) is 303 Å². The van der Waals surface area contributed by atoms with E-state index in [4.69, 9.17) is 14.2 Å². The molecule has 0 amide bonds. The van der Waals surface area contributed by atoms with Gasteiger partial charge in [-0.15, -0.1) is 0 Å². The fourth-order valence-corrected chi connectivity index (χ4v) is 8.33. The molecule has 0 heterocycles. The van der Waals surface area contributed by atoms with Gasteiger partial charge in [0, 0.05) is 19.3 Å².